The molecule has 142 valence electrons. The summed E-state index contributed by atoms with van der Waals surface area (Å²) in [5, 5.41) is 5.91. The number of nitrogens with zero attached hydrogens (tertiary/aromatic N) is 1. The quantitative estimate of drug-likeness (QED) is 0.432. The molecule has 0 aliphatic heterocycles. The molecular weight excluding hydrogens is 379 g/mol. The molecule has 0 aliphatic carbocycles. The highest BCUT2D eigenvalue weighted by Gasteiger charge is 2.11. The topological polar surface area (TPSA) is 43.4 Å². The third kappa shape index (κ3) is 3.41. The number of pyridine rings is 1. The summed E-state index contributed by atoms with van der Waals surface area (Å²) < 4.78 is 24.4. The minimum absolute atomic E-state index is 0.225. The summed E-state index contributed by atoms with van der Waals surface area (Å²) in [6.07, 6.45) is 0. The molecule has 0 aliphatic rings. The Balaban J connectivity index is 1.81. The van der Waals surface area contributed by atoms with Crippen LogP contribution in [-0.2, 0) is 6.54 Å². The third-order valence-electron chi connectivity index (χ3n) is 4.63. The number of halogens is 2. The Morgan fingerprint density at radius 3 is 2.54 bits per heavy atom. The summed E-state index contributed by atoms with van der Waals surface area (Å²) in [7, 11) is 3.08. The average molecular weight is 397 g/mol. The van der Waals surface area contributed by atoms with Crippen LogP contribution in [0.3, 0.4) is 0 Å². The van der Waals surface area contributed by atoms with E-state index in [4.69, 9.17) is 26.1 Å². The maximum Gasteiger partial charge on any atom is 0.165 e. The number of anilines is 1. The highest BCUT2D eigenvalue weighted by Crippen LogP contribution is 2.34. The second-order valence-electron chi connectivity index (χ2n) is 6.35. The molecular formula is C22H18ClFN2O2. The van der Waals surface area contributed by atoms with E-state index in [0.717, 1.165) is 38.8 Å². The van der Waals surface area contributed by atoms with Crippen molar-refractivity contribution in [3.05, 3.63) is 71.0 Å². The molecule has 0 amide bonds. The van der Waals surface area contributed by atoms with Gasteiger partial charge in [0.2, 0.25) is 0 Å². The normalized spacial score (nSPS) is 11.0. The predicted molar refractivity (Wildman–Crippen MR) is 111 cm³/mol. The number of methoxy groups -OCH3 is 2. The van der Waals surface area contributed by atoms with Crippen LogP contribution in [0.15, 0.2) is 54.6 Å². The number of fused-ring (bicyclic) bond motifs is 2. The standard InChI is InChI=1S/C22H18ClFN2O2/c1-27-15-5-7-19-17(11-15)22(16-6-4-14(23)10-20(16)26-19)25-12-13-3-8-21(28-2)18(24)9-13/h3-11H,12H2,1-2H3,(H,25,26). The number of hydrogen-bond donors (Lipinski definition) is 1. The number of ether oxygens (including phenoxy) is 2. The van der Waals surface area contributed by atoms with Gasteiger partial charge in [-0.25, -0.2) is 9.37 Å². The molecule has 1 heterocycles. The summed E-state index contributed by atoms with van der Waals surface area (Å²) >= 11 is 6.15. The van der Waals surface area contributed by atoms with E-state index in [1.54, 1.807) is 13.2 Å². The van der Waals surface area contributed by atoms with Crippen LogP contribution < -0.4 is 14.8 Å². The highest BCUT2D eigenvalue weighted by atomic mass is 35.5. The molecule has 4 nitrogen and oxygen atoms in total. The Morgan fingerprint density at radius 1 is 0.929 bits per heavy atom. The molecule has 4 rings (SSSR count). The van der Waals surface area contributed by atoms with Crippen molar-refractivity contribution < 1.29 is 13.9 Å². The SMILES string of the molecule is COc1ccc2nc3cc(Cl)ccc3c(NCc3ccc(OC)c(F)c3)c2c1. The predicted octanol–water partition coefficient (Wildman–Crippen LogP) is 5.81. The van der Waals surface area contributed by atoms with Gasteiger partial charge in [-0.2, -0.15) is 0 Å². The fourth-order valence-corrected chi connectivity index (χ4v) is 3.39. The van der Waals surface area contributed by atoms with Crippen LogP contribution in [0.5, 0.6) is 11.5 Å². The van der Waals surface area contributed by atoms with E-state index >= 15 is 0 Å². The van der Waals surface area contributed by atoms with E-state index in [1.165, 1.54) is 13.2 Å². The van der Waals surface area contributed by atoms with Gasteiger partial charge in [0, 0.05) is 22.3 Å². The third-order valence-corrected chi connectivity index (χ3v) is 4.86. The van der Waals surface area contributed by atoms with Gasteiger partial charge >= 0.3 is 0 Å². The van der Waals surface area contributed by atoms with Gasteiger partial charge in [-0.15, -0.1) is 0 Å². The van der Waals surface area contributed by atoms with Gasteiger partial charge in [0.05, 0.1) is 30.9 Å². The van der Waals surface area contributed by atoms with Crippen LogP contribution in [-0.4, -0.2) is 19.2 Å². The maximum absolute atomic E-state index is 14.0. The van der Waals surface area contributed by atoms with Crippen molar-refractivity contribution in [1.29, 1.82) is 0 Å². The molecule has 1 N–H and O–H groups in total. The van der Waals surface area contributed by atoms with Crippen molar-refractivity contribution in [3.8, 4) is 11.5 Å². The minimum atomic E-state index is -0.389. The summed E-state index contributed by atoms with van der Waals surface area (Å²) in [5.41, 5.74) is 3.30. The van der Waals surface area contributed by atoms with Crippen molar-refractivity contribution in [3.63, 3.8) is 0 Å². The summed E-state index contributed by atoms with van der Waals surface area (Å²) in [4.78, 5) is 4.71. The first-order valence-electron chi connectivity index (χ1n) is 8.72. The maximum atomic E-state index is 14.0. The van der Waals surface area contributed by atoms with E-state index in [0.29, 0.717) is 11.6 Å². The fourth-order valence-electron chi connectivity index (χ4n) is 3.22. The van der Waals surface area contributed by atoms with Crippen LogP contribution in [0.25, 0.3) is 21.8 Å². The van der Waals surface area contributed by atoms with E-state index in [2.05, 4.69) is 5.32 Å². The Morgan fingerprint density at radius 2 is 1.79 bits per heavy atom. The molecule has 0 radical (unpaired) electrons. The minimum Gasteiger partial charge on any atom is -0.497 e. The number of benzene rings is 3. The summed E-state index contributed by atoms with van der Waals surface area (Å²) in [5.74, 6) is 0.573. The molecule has 0 saturated heterocycles. The zero-order chi connectivity index (χ0) is 19.7. The van der Waals surface area contributed by atoms with Crippen molar-refractivity contribution in [2.24, 2.45) is 0 Å². The zero-order valence-electron chi connectivity index (χ0n) is 15.4. The van der Waals surface area contributed by atoms with Crippen LogP contribution in [0.1, 0.15) is 5.56 Å². The average Bonchev–Trinajstić information content (AvgIpc) is 2.70. The molecule has 28 heavy (non-hydrogen) atoms. The smallest absolute Gasteiger partial charge is 0.165 e. The lowest BCUT2D eigenvalue weighted by Crippen LogP contribution is -2.03. The highest BCUT2D eigenvalue weighted by molar-refractivity contribution is 6.31. The van der Waals surface area contributed by atoms with Gasteiger partial charge in [0.15, 0.2) is 11.6 Å². The second-order valence-corrected chi connectivity index (χ2v) is 6.79. The number of rotatable bonds is 5. The van der Waals surface area contributed by atoms with E-state index in [-0.39, 0.29) is 11.6 Å². The zero-order valence-corrected chi connectivity index (χ0v) is 16.2. The lowest BCUT2D eigenvalue weighted by atomic mass is 10.1. The van der Waals surface area contributed by atoms with Gasteiger partial charge in [0.1, 0.15) is 5.75 Å². The first kappa shape index (κ1) is 18.3. The number of hydrogen-bond acceptors (Lipinski definition) is 4. The monoisotopic (exact) mass is 396 g/mol. The van der Waals surface area contributed by atoms with Gasteiger partial charge in [-0.3, -0.25) is 0 Å². The van der Waals surface area contributed by atoms with Crippen LogP contribution in [0.4, 0.5) is 10.1 Å². The van der Waals surface area contributed by atoms with E-state index in [1.807, 2.05) is 42.5 Å². The van der Waals surface area contributed by atoms with E-state index < -0.39 is 0 Å². The molecule has 1 aromatic heterocycles. The summed E-state index contributed by atoms with van der Waals surface area (Å²) in [6, 6.07) is 16.2. The van der Waals surface area contributed by atoms with Gasteiger partial charge in [-0.05, 0) is 54.1 Å². The Hall–Kier alpha value is -3.05. The molecule has 0 spiro atoms. The first-order valence-corrected chi connectivity index (χ1v) is 9.10. The summed E-state index contributed by atoms with van der Waals surface area (Å²) in [6.45, 7) is 0.439. The Kier molecular flexibility index (Phi) is 4.92. The molecule has 0 bridgehead atoms. The molecule has 6 heteroatoms. The van der Waals surface area contributed by atoms with Crippen molar-refractivity contribution in [1.82, 2.24) is 4.98 Å². The fraction of sp³-hybridized carbons (Fsp3) is 0.136. The van der Waals surface area contributed by atoms with Crippen LogP contribution >= 0.6 is 11.6 Å². The largest absolute Gasteiger partial charge is 0.497 e. The van der Waals surface area contributed by atoms with Gasteiger partial charge in [-0.1, -0.05) is 17.7 Å². The number of aromatic nitrogens is 1. The van der Waals surface area contributed by atoms with E-state index in [9.17, 15) is 4.39 Å². The molecule has 0 unspecified atom stereocenters. The van der Waals surface area contributed by atoms with Crippen LogP contribution in [0, 0.1) is 5.82 Å². The Bertz CT molecular complexity index is 1180. The lowest BCUT2D eigenvalue weighted by molar-refractivity contribution is 0.386. The second kappa shape index (κ2) is 7.52. The van der Waals surface area contributed by atoms with Crippen molar-refractivity contribution >= 4 is 39.1 Å². The van der Waals surface area contributed by atoms with Gasteiger partial charge < -0.3 is 14.8 Å². The molecule has 0 saturated carbocycles. The van der Waals surface area contributed by atoms with Gasteiger partial charge in [0.25, 0.3) is 0 Å². The van der Waals surface area contributed by atoms with Crippen molar-refractivity contribution in [2.75, 3.05) is 19.5 Å². The molecule has 4 aromatic rings. The molecule has 3 aromatic carbocycles. The lowest BCUT2D eigenvalue weighted by Gasteiger charge is -2.15. The molecule has 0 fully saturated rings. The Labute approximate surface area is 166 Å². The first-order chi connectivity index (χ1) is 13.6. The van der Waals surface area contributed by atoms with Crippen molar-refractivity contribution in [2.45, 2.75) is 6.54 Å². The van der Waals surface area contributed by atoms with Crippen LogP contribution in [0.2, 0.25) is 5.02 Å². The number of nitrogens with one attached hydrogen (secondary N) is 1. The molecule has 0 atom stereocenters.